The molecule has 30 heavy (non-hydrogen) atoms. The van der Waals surface area contributed by atoms with Gasteiger partial charge >= 0.3 is 6.03 Å². The van der Waals surface area contributed by atoms with Crippen molar-refractivity contribution >= 4 is 22.5 Å². The Balaban J connectivity index is 1.29. The molecule has 0 aliphatic carbocycles. The van der Waals surface area contributed by atoms with Crippen molar-refractivity contribution in [2.45, 2.75) is 13.5 Å². The van der Waals surface area contributed by atoms with E-state index < -0.39 is 0 Å². The number of amides is 2. The van der Waals surface area contributed by atoms with Crippen molar-refractivity contribution in [1.82, 2.24) is 15.2 Å². The van der Waals surface area contributed by atoms with E-state index in [-0.39, 0.29) is 6.03 Å². The van der Waals surface area contributed by atoms with Gasteiger partial charge < -0.3 is 19.9 Å². The summed E-state index contributed by atoms with van der Waals surface area (Å²) in [5, 5.41) is 6.10. The number of nitrogens with zero attached hydrogens (tertiary/aromatic N) is 3. The number of carbonyl (C=O) groups excluding carboxylic acids is 1. The molecule has 1 fully saturated rings. The maximum absolute atomic E-state index is 12.5. The third kappa shape index (κ3) is 4.91. The van der Waals surface area contributed by atoms with Crippen LogP contribution >= 0.6 is 11.3 Å². The molecule has 156 valence electrons. The number of piperazine rings is 1. The van der Waals surface area contributed by atoms with Crippen LogP contribution in [-0.4, -0.2) is 48.7 Å². The molecule has 1 saturated heterocycles. The Hall–Kier alpha value is -3.06. The number of benzene rings is 2. The van der Waals surface area contributed by atoms with Crippen LogP contribution in [0.2, 0.25) is 0 Å². The Labute approximate surface area is 181 Å². The smallest absolute Gasteiger partial charge is 0.317 e. The summed E-state index contributed by atoms with van der Waals surface area (Å²) in [5.74, 6) is 0.873. The molecular weight excluding hydrogens is 396 g/mol. The monoisotopic (exact) mass is 422 g/mol. The summed E-state index contributed by atoms with van der Waals surface area (Å²) < 4.78 is 5.51. The number of thiazole rings is 1. The Bertz CT molecular complexity index is 951. The van der Waals surface area contributed by atoms with Crippen molar-refractivity contribution in [3.05, 3.63) is 65.5 Å². The summed E-state index contributed by atoms with van der Waals surface area (Å²) in [6, 6.07) is 18.0. The molecule has 0 saturated carbocycles. The Kier molecular flexibility index (Phi) is 6.49. The molecule has 6 nitrogen and oxygen atoms in total. The van der Waals surface area contributed by atoms with E-state index in [0.29, 0.717) is 26.2 Å². The zero-order valence-electron chi connectivity index (χ0n) is 17.1. The third-order valence-electron chi connectivity index (χ3n) is 5.08. The van der Waals surface area contributed by atoms with Gasteiger partial charge in [0.15, 0.2) is 5.13 Å². The van der Waals surface area contributed by atoms with E-state index in [2.05, 4.69) is 15.6 Å². The SMILES string of the molecule is CCOc1ccc(-c2csc(N3CCN(C(=O)NCc4ccccc4)CC3)n2)cc1. The predicted octanol–water partition coefficient (Wildman–Crippen LogP) is 4.24. The van der Waals surface area contributed by atoms with Crippen LogP contribution in [0.3, 0.4) is 0 Å². The largest absolute Gasteiger partial charge is 0.494 e. The van der Waals surface area contributed by atoms with Crippen molar-refractivity contribution in [2.75, 3.05) is 37.7 Å². The Morgan fingerprint density at radius 1 is 1.07 bits per heavy atom. The van der Waals surface area contributed by atoms with E-state index in [1.165, 1.54) is 0 Å². The molecule has 0 bridgehead atoms. The minimum Gasteiger partial charge on any atom is -0.494 e. The molecule has 1 aliphatic heterocycles. The normalized spacial score (nSPS) is 13.9. The number of nitrogens with one attached hydrogen (secondary N) is 1. The number of hydrogen-bond donors (Lipinski definition) is 1. The molecule has 4 rings (SSSR count). The molecule has 3 aromatic rings. The van der Waals surface area contributed by atoms with E-state index in [9.17, 15) is 4.79 Å². The van der Waals surface area contributed by atoms with Crippen LogP contribution < -0.4 is 15.0 Å². The lowest BCUT2D eigenvalue weighted by Crippen LogP contribution is -2.51. The second kappa shape index (κ2) is 9.63. The second-order valence-electron chi connectivity index (χ2n) is 7.09. The van der Waals surface area contributed by atoms with Gasteiger partial charge in [-0.25, -0.2) is 9.78 Å². The lowest BCUT2D eigenvalue weighted by Gasteiger charge is -2.34. The third-order valence-corrected chi connectivity index (χ3v) is 5.98. The molecule has 0 unspecified atom stereocenters. The first kappa shape index (κ1) is 20.2. The fourth-order valence-electron chi connectivity index (χ4n) is 3.42. The molecule has 2 aromatic carbocycles. The van der Waals surface area contributed by atoms with Crippen LogP contribution in [0.25, 0.3) is 11.3 Å². The fraction of sp³-hybridized carbons (Fsp3) is 0.304. The number of ether oxygens (including phenoxy) is 1. The van der Waals surface area contributed by atoms with Gasteiger partial charge in [0.05, 0.1) is 12.3 Å². The standard InChI is InChI=1S/C23H26N4O2S/c1-2-29-20-10-8-19(9-11-20)21-17-30-23(25-21)27-14-12-26(13-15-27)22(28)24-16-18-6-4-3-5-7-18/h3-11,17H,2,12-16H2,1H3,(H,24,28). The van der Waals surface area contributed by atoms with Crippen LogP contribution in [0.1, 0.15) is 12.5 Å². The molecule has 1 N–H and O–H groups in total. The topological polar surface area (TPSA) is 57.7 Å². The summed E-state index contributed by atoms with van der Waals surface area (Å²) in [6.45, 7) is 6.16. The molecule has 2 amide bonds. The second-order valence-corrected chi connectivity index (χ2v) is 7.93. The van der Waals surface area contributed by atoms with Crippen molar-refractivity contribution in [1.29, 1.82) is 0 Å². The quantitative estimate of drug-likeness (QED) is 0.646. The van der Waals surface area contributed by atoms with Crippen molar-refractivity contribution in [2.24, 2.45) is 0 Å². The molecule has 1 aliphatic rings. The number of hydrogen-bond acceptors (Lipinski definition) is 5. The number of carbonyl (C=O) groups is 1. The van der Waals surface area contributed by atoms with Crippen LogP contribution in [0.15, 0.2) is 60.0 Å². The highest BCUT2D eigenvalue weighted by Crippen LogP contribution is 2.29. The van der Waals surface area contributed by atoms with Crippen molar-refractivity contribution < 1.29 is 9.53 Å². The summed E-state index contributed by atoms with van der Waals surface area (Å²) in [6.07, 6.45) is 0. The summed E-state index contributed by atoms with van der Waals surface area (Å²) >= 11 is 1.65. The van der Waals surface area contributed by atoms with Crippen LogP contribution in [-0.2, 0) is 6.54 Å². The van der Waals surface area contributed by atoms with E-state index in [1.807, 2.05) is 66.4 Å². The molecule has 7 heteroatoms. The van der Waals surface area contributed by atoms with Gasteiger partial charge in [-0.15, -0.1) is 11.3 Å². The van der Waals surface area contributed by atoms with Gasteiger partial charge in [0.1, 0.15) is 5.75 Å². The summed E-state index contributed by atoms with van der Waals surface area (Å²) in [4.78, 5) is 21.4. The molecule has 0 radical (unpaired) electrons. The molecule has 0 spiro atoms. The lowest BCUT2D eigenvalue weighted by molar-refractivity contribution is 0.194. The predicted molar refractivity (Wildman–Crippen MR) is 121 cm³/mol. The average molecular weight is 423 g/mol. The summed E-state index contributed by atoms with van der Waals surface area (Å²) in [5.41, 5.74) is 3.16. The van der Waals surface area contributed by atoms with Gasteiger partial charge in [0.2, 0.25) is 0 Å². The van der Waals surface area contributed by atoms with Crippen molar-refractivity contribution in [3.63, 3.8) is 0 Å². The highest BCUT2D eigenvalue weighted by molar-refractivity contribution is 7.14. The zero-order valence-corrected chi connectivity index (χ0v) is 17.9. The van der Waals surface area contributed by atoms with Gasteiger partial charge in [-0.3, -0.25) is 0 Å². The van der Waals surface area contributed by atoms with Gasteiger partial charge in [0.25, 0.3) is 0 Å². The van der Waals surface area contributed by atoms with Gasteiger partial charge in [0, 0.05) is 43.7 Å². The first-order valence-electron chi connectivity index (χ1n) is 10.2. The van der Waals surface area contributed by atoms with E-state index in [0.717, 1.165) is 40.8 Å². The number of anilines is 1. The molecule has 1 aromatic heterocycles. The zero-order chi connectivity index (χ0) is 20.8. The highest BCUT2D eigenvalue weighted by atomic mass is 32.1. The average Bonchev–Trinajstić information content (AvgIpc) is 3.29. The van der Waals surface area contributed by atoms with Crippen LogP contribution in [0.4, 0.5) is 9.93 Å². The number of aromatic nitrogens is 1. The summed E-state index contributed by atoms with van der Waals surface area (Å²) in [7, 11) is 0. The van der Waals surface area contributed by atoms with E-state index in [4.69, 9.17) is 9.72 Å². The minimum absolute atomic E-state index is 0.00674. The molecular formula is C23H26N4O2S. The first-order valence-corrected chi connectivity index (χ1v) is 11.1. The van der Waals surface area contributed by atoms with Gasteiger partial charge in [-0.05, 0) is 36.8 Å². The number of rotatable bonds is 6. The lowest BCUT2D eigenvalue weighted by atomic mass is 10.2. The fourth-order valence-corrected chi connectivity index (χ4v) is 4.31. The number of urea groups is 1. The Morgan fingerprint density at radius 3 is 2.50 bits per heavy atom. The van der Waals surface area contributed by atoms with E-state index >= 15 is 0 Å². The maximum Gasteiger partial charge on any atom is 0.317 e. The van der Waals surface area contributed by atoms with Crippen LogP contribution in [0.5, 0.6) is 5.75 Å². The molecule has 2 heterocycles. The van der Waals surface area contributed by atoms with E-state index in [1.54, 1.807) is 11.3 Å². The van der Waals surface area contributed by atoms with Crippen molar-refractivity contribution in [3.8, 4) is 17.0 Å². The first-order chi connectivity index (χ1) is 14.7. The highest BCUT2D eigenvalue weighted by Gasteiger charge is 2.22. The Morgan fingerprint density at radius 2 is 1.80 bits per heavy atom. The van der Waals surface area contributed by atoms with Gasteiger partial charge in [-0.1, -0.05) is 30.3 Å². The van der Waals surface area contributed by atoms with Crippen LogP contribution in [0, 0.1) is 0 Å². The molecule has 0 atom stereocenters. The minimum atomic E-state index is -0.00674. The van der Waals surface area contributed by atoms with Gasteiger partial charge in [-0.2, -0.15) is 0 Å². The maximum atomic E-state index is 12.5.